The minimum Gasteiger partial charge on any atom is -0.461 e. The van der Waals surface area contributed by atoms with Crippen molar-refractivity contribution in [2.45, 2.75) is 32.0 Å². The Kier molecular flexibility index (Phi) is 5.06. The molecule has 34 heavy (non-hydrogen) atoms. The molecule has 5 atom stereocenters. The number of aliphatic hydroxyl groups excluding tert-OH is 1. The van der Waals surface area contributed by atoms with Crippen LogP contribution in [-0.2, 0) is 14.4 Å². The highest BCUT2D eigenvalue weighted by Crippen LogP contribution is 2.65. The third-order valence-corrected chi connectivity index (χ3v) is 6.43. The van der Waals surface area contributed by atoms with Gasteiger partial charge in [-0.05, 0) is 42.7 Å². The minimum absolute atomic E-state index is 0.232. The van der Waals surface area contributed by atoms with Gasteiger partial charge in [0.25, 0.3) is 0 Å². The van der Waals surface area contributed by atoms with E-state index in [-0.39, 0.29) is 23.2 Å². The second-order valence-corrected chi connectivity index (χ2v) is 8.83. The van der Waals surface area contributed by atoms with E-state index in [0.29, 0.717) is 22.8 Å². The lowest BCUT2D eigenvalue weighted by Crippen LogP contribution is -2.57. The van der Waals surface area contributed by atoms with E-state index in [9.17, 15) is 19.5 Å². The third kappa shape index (κ3) is 3.38. The molecule has 1 saturated carbocycles. The first kappa shape index (κ1) is 21.9. The van der Waals surface area contributed by atoms with Crippen molar-refractivity contribution < 1.29 is 38.4 Å². The number of hydrogen-bond acceptors (Lipinski definition) is 8. The lowest BCUT2D eigenvalue weighted by atomic mass is 9.51. The van der Waals surface area contributed by atoms with E-state index in [1.807, 2.05) is 0 Å². The van der Waals surface area contributed by atoms with Crippen LogP contribution in [0.2, 0.25) is 0 Å². The molecular weight excluding hydrogens is 440 g/mol. The van der Waals surface area contributed by atoms with Gasteiger partial charge in [0, 0.05) is 29.5 Å². The van der Waals surface area contributed by atoms with Gasteiger partial charge in [0.05, 0.1) is 11.8 Å². The second kappa shape index (κ2) is 7.85. The first-order chi connectivity index (χ1) is 16.2. The van der Waals surface area contributed by atoms with Crippen molar-refractivity contribution >= 4 is 17.9 Å². The average Bonchev–Trinajstić information content (AvgIpc) is 2.74. The van der Waals surface area contributed by atoms with Crippen molar-refractivity contribution in [2.24, 2.45) is 11.8 Å². The molecule has 3 aliphatic rings. The van der Waals surface area contributed by atoms with Crippen LogP contribution in [-0.4, -0.2) is 29.3 Å². The van der Waals surface area contributed by atoms with Crippen LogP contribution in [0.3, 0.4) is 0 Å². The van der Waals surface area contributed by atoms with Gasteiger partial charge in [-0.25, -0.2) is 4.79 Å². The fraction of sp³-hybridized carbons (Fsp3) is 0.269. The molecule has 8 heteroatoms. The van der Waals surface area contributed by atoms with Gasteiger partial charge >= 0.3 is 17.9 Å². The molecule has 0 radical (unpaired) electrons. The topological polar surface area (TPSA) is 108 Å². The number of fused-ring (bicyclic) bond motifs is 8. The molecule has 1 N–H and O–H groups in total. The van der Waals surface area contributed by atoms with Gasteiger partial charge in [0.15, 0.2) is 0 Å². The zero-order valence-corrected chi connectivity index (χ0v) is 18.6. The number of carbonyl (C=O) groups excluding carboxylic acids is 3. The monoisotopic (exact) mass is 462 g/mol. The molecule has 0 bridgehead atoms. The van der Waals surface area contributed by atoms with E-state index < -0.39 is 36.0 Å². The quantitative estimate of drug-likeness (QED) is 0.237. The number of esters is 3. The summed E-state index contributed by atoms with van der Waals surface area (Å²) in [6.45, 7) is 10.4. The summed E-state index contributed by atoms with van der Waals surface area (Å²) in [5, 5.41) is 9.92. The highest BCUT2D eigenvalue weighted by Gasteiger charge is 2.64. The number of rotatable bonds is 5. The number of carbonyl (C=O) groups is 3. The summed E-state index contributed by atoms with van der Waals surface area (Å²) in [7, 11) is 0. The predicted molar refractivity (Wildman–Crippen MR) is 119 cm³/mol. The molecule has 2 heterocycles. The summed E-state index contributed by atoms with van der Waals surface area (Å²) in [6.07, 6.45) is -1.19. The summed E-state index contributed by atoms with van der Waals surface area (Å²) in [6, 6.07) is 9.87. The zero-order valence-electron chi connectivity index (χ0n) is 18.6. The summed E-state index contributed by atoms with van der Waals surface area (Å²) >= 11 is 0. The molecule has 174 valence electrons. The van der Waals surface area contributed by atoms with Crippen molar-refractivity contribution in [1.82, 2.24) is 0 Å². The van der Waals surface area contributed by atoms with Crippen LogP contribution in [0.5, 0.6) is 23.0 Å². The molecule has 1 aliphatic carbocycles. The molecule has 0 amide bonds. The van der Waals surface area contributed by atoms with E-state index in [2.05, 4.69) is 13.2 Å². The number of hydrogen-bond donors (Lipinski definition) is 1. The normalized spacial score (nSPS) is 24.6. The highest BCUT2D eigenvalue weighted by molar-refractivity contribution is 5.93. The van der Waals surface area contributed by atoms with Crippen LogP contribution in [0.4, 0.5) is 0 Å². The molecule has 5 rings (SSSR count). The molecule has 8 nitrogen and oxygen atoms in total. The number of aliphatic hydroxyl groups is 1. The Bertz CT molecular complexity index is 1280. The molecule has 0 saturated heterocycles. The van der Waals surface area contributed by atoms with Gasteiger partial charge in [0.1, 0.15) is 23.0 Å². The molecule has 1 fully saturated rings. The molecule has 2 aromatic rings. The van der Waals surface area contributed by atoms with Crippen molar-refractivity contribution in [2.75, 3.05) is 0 Å². The number of benzene rings is 2. The predicted octanol–water partition coefficient (Wildman–Crippen LogP) is 3.39. The first-order valence-corrected chi connectivity index (χ1v) is 10.7. The maximum Gasteiger partial charge on any atom is 0.338 e. The summed E-state index contributed by atoms with van der Waals surface area (Å²) in [4.78, 5) is 37.5. The minimum atomic E-state index is -1.19. The molecule has 0 aromatic heterocycles. The fourth-order valence-corrected chi connectivity index (χ4v) is 4.78. The summed E-state index contributed by atoms with van der Waals surface area (Å²) in [5.74, 6) is -2.36. The van der Waals surface area contributed by atoms with Gasteiger partial charge in [-0.2, -0.15) is 0 Å². The molecular formula is C26H22O8. The van der Waals surface area contributed by atoms with Gasteiger partial charge in [-0.1, -0.05) is 25.3 Å². The first-order valence-electron chi connectivity index (χ1n) is 10.7. The fourth-order valence-electron chi connectivity index (χ4n) is 4.78. The van der Waals surface area contributed by atoms with Gasteiger partial charge in [-0.3, -0.25) is 9.59 Å². The maximum absolute atomic E-state index is 12.8. The van der Waals surface area contributed by atoms with E-state index in [0.717, 1.165) is 11.1 Å². The van der Waals surface area contributed by atoms with Gasteiger partial charge < -0.3 is 24.1 Å². The van der Waals surface area contributed by atoms with Crippen LogP contribution in [0, 0.1) is 11.8 Å². The Morgan fingerprint density at radius 2 is 1.38 bits per heavy atom. The van der Waals surface area contributed by atoms with E-state index >= 15 is 0 Å². The Labute approximate surface area is 195 Å². The van der Waals surface area contributed by atoms with Crippen LogP contribution in [0.15, 0.2) is 60.7 Å². The maximum atomic E-state index is 12.8. The molecule has 0 spiro atoms. The van der Waals surface area contributed by atoms with Crippen molar-refractivity contribution in [3.8, 4) is 23.0 Å². The van der Waals surface area contributed by atoms with Gasteiger partial charge in [0.2, 0.25) is 6.29 Å². The Morgan fingerprint density at radius 1 is 0.882 bits per heavy atom. The van der Waals surface area contributed by atoms with Crippen LogP contribution in [0.25, 0.3) is 0 Å². The third-order valence-electron chi connectivity index (χ3n) is 6.43. The highest BCUT2D eigenvalue weighted by atomic mass is 16.6. The Balaban J connectivity index is 1.49. The van der Waals surface area contributed by atoms with Crippen molar-refractivity contribution in [3.05, 3.63) is 71.8 Å². The van der Waals surface area contributed by atoms with E-state index in [4.69, 9.17) is 18.9 Å². The van der Waals surface area contributed by atoms with Crippen molar-refractivity contribution in [3.63, 3.8) is 0 Å². The van der Waals surface area contributed by atoms with Gasteiger partial charge in [-0.15, -0.1) is 0 Å². The molecule has 5 unspecified atom stereocenters. The Morgan fingerprint density at radius 3 is 1.88 bits per heavy atom. The van der Waals surface area contributed by atoms with E-state index in [1.165, 1.54) is 13.0 Å². The smallest absolute Gasteiger partial charge is 0.338 e. The zero-order chi connectivity index (χ0) is 24.3. The second-order valence-electron chi connectivity index (χ2n) is 8.83. The van der Waals surface area contributed by atoms with Crippen LogP contribution in [0.1, 0.15) is 36.8 Å². The Hall–Kier alpha value is -3.91. The van der Waals surface area contributed by atoms with Crippen molar-refractivity contribution in [1.29, 1.82) is 0 Å². The lowest BCUT2D eigenvalue weighted by molar-refractivity contribution is -0.165. The summed E-state index contributed by atoms with van der Waals surface area (Å²) in [5.41, 5.74) is 2.19. The average molecular weight is 462 g/mol. The number of ether oxygens (including phenoxy) is 4. The molecule has 2 aliphatic heterocycles. The summed E-state index contributed by atoms with van der Waals surface area (Å²) < 4.78 is 21.7. The van der Waals surface area contributed by atoms with Crippen LogP contribution < -0.4 is 18.9 Å². The standard InChI is InChI=1S/C26H22O8/c1-11(2)23(27)31-13-5-7-15-17(9-13)33-25(29)21-19(15)20-16-8-6-14(32-24(28)12(3)4)10-18(16)34-26(30)22(20)21/h5-10,19-23,27H,1,3H2,2,4H3. The van der Waals surface area contributed by atoms with E-state index in [1.54, 1.807) is 37.3 Å². The lowest BCUT2D eigenvalue weighted by Gasteiger charge is -2.53. The molecule has 2 aromatic carbocycles. The SMILES string of the molecule is C=C(C)C(=O)Oc1ccc2c(c1)OC(=O)C1C3C(=O)Oc4cc(OC(O)C(=C)C)ccc4C3C21. The largest absolute Gasteiger partial charge is 0.461 e. The van der Waals surface area contributed by atoms with Crippen LogP contribution >= 0.6 is 0 Å².